The second-order valence-corrected chi connectivity index (χ2v) is 15.4. The summed E-state index contributed by atoms with van der Waals surface area (Å²) in [5.41, 5.74) is 0.768. The number of phenolic OH excluding ortho intramolecular Hbond substituents is 1. The SMILES string of the molecule is CCCCCCCCc1cc(Oc2ccccc2)cc(S(=O)(=O)O)c1O.CCCCCCCCc1cc(Oc2ccccc2)cc(S(=O)(=O)[O-])c1[O-].[Ca+2]. The molecule has 53 heavy (non-hydrogen) atoms. The first kappa shape index (κ1) is 46.3. The predicted octanol–water partition coefficient (Wildman–Crippen LogP) is 9.31. The van der Waals surface area contributed by atoms with E-state index in [1.165, 1.54) is 31.7 Å². The molecule has 4 aromatic carbocycles. The van der Waals surface area contributed by atoms with Crippen molar-refractivity contribution >= 4 is 58.0 Å². The topological polar surface area (TPSA) is 173 Å². The minimum Gasteiger partial charge on any atom is -0.871 e. The molecule has 4 aromatic rings. The van der Waals surface area contributed by atoms with Crippen LogP contribution in [0.2, 0.25) is 0 Å². The molecule has 10 nitrogen and oxygen atoms in total. The molecule has 0 aliphatic heterocycles. The summed E-state index contributed by atoms with van der Waals surface area (Å²) in [6.07, 6.45) is 13.8. The fourth-order valence-electron chi connectivity index (χ4n) is 5.59. The number of benzene rings is 4. The Morgan fingerprint density at radius 1 is 0.566 bits per heavy atom. The summed E-state index contributed by atoms with van der Waals surface area (Å²) >= 11 is 0. The molecule has 0 radical (unpaired) electrons. The van der Waals surface area contributed by atoms with Crippen LogP contribution in [0.5, 0.6) is 34.5 Å². The summed E-state index contributed by atoms with van der Waals surface area (Å²) < 4.78 is 78.3. The summed E-state index contributed by atoms with van der Waals surface area (Å²) in [7, 11) is -9.40. The van der Waals surface area contributed by atoms with Crippen LogP contribution in [0.4, 0.5) is 0 Å². The second-order valence-electron chi connectivity index (χ2n) is 12.6. The van der Waals surface area contributed by atoms with Crippen molar-refractivity contribution in [1.29, 1.82) is 0 Å². The van der Waals surface area contributed by atoms with Crippen LogP contribution in [-0.4, -0.2) is 68.8 Å². The molecule has 0 amide bonds. The largest absolute Gasteiger partial charge is 2.00 e. The summed E-state index contributed by atoms with van der Waals surface area (Å²) in [5.74, 6) is 0.389. The van der Waals surface area contributed by atoms with E-state index in [0.29, 0.717) is 35.5 Å². The Morgan fingerprint density at radius 3 is 1.40 bits per heavy atom. The van der Waals surface area contributed by atoms with Gasteiger partial charge in [0.05, 0.1) is 4.90 Å². The van der Waals surface area contributed by atoms with Crippen LogP contribution >= 0.6 is 0 Å². The zero-order valence-electron chi connectivity index (χ0n) is 30.7. The van der Waals surface area contributed by atoms with Crippen molar-refractivity contribution in [1.82, 2.24) is 0 Å². The van der Waals surface area contributed by atoms with Crippen LogP contribution in [-0.2, 0) is 33.1 Å². The van der Waals surface area contributed by atoms with Crippen LogP contribution in [0.15, 0.2) is 94.7 Å². The molecule has 284 valence electrons. The van der Waals surface area contributed by atoms with Gasteiger partial charge in [-0.25, -0.2) is 8.42 Å². The van der Waals surface area contributed by atoms with E-state index in [0.717, 1.165) is 63.5 Å². The number of aryl methyl sites for hydroxylation is 2. The second kappa shape index (κ2) is 23.8. The van der Waals surface area contributed by atoms with E-state index in [1.54, 1.807) is 54.6 Å². The molecule has 0 aliphatic rings. The number of rotatable bonds is 20. The summed E-state index contributed by atoms with van der Waals surface area (Å²) in [5, 5.41) is 22.6. The van der Waals surface area contributed by atoms with Gasteiger partial charge in [-0.3, -0.25) is 4.55 Å². The molecule has 13 heteroatoms. The van der Waals surface area contributed by atoms with Crippen molar-refractivity contribution < 1.29 is 45.6 Å². The molecule has 0 saturated heterocycles. The van der Waals surface area contributed by atoms with Crippen molar-refractivity contribution in [3.05, 3.63) is 96.1 Å². The van der Waals surface area contributed by atoms with Crippen LogP contribution in [0.1, 0.15) is 102 Å². The van der Waals surface area contributed by atoms with Crippen molar-refractivity contribution in [2.75, 3.05) is 0 Å². The number of unbranched alkanes of at least 4 members (excludes halogenated alkanes) is 10. The van der Waals surface area contributed by atoms with Crippen molar-refractivity contribution in [2.24, 2.45) is 0 Å². The Bertz CT molecular complexity index is 1750. The Labute approximate surface area is 345 Å². The van der Waals surface area contributed by atoms with Gasteiger partial charge >= 0.3 is 37.7 Å². The molecule has 4 rings (SSSR count). The molecule has 0 saturated carbocycles. The monoisotopic (exact) mass is 794 g/mol. The van der Waals surface area contributed by atoms with Gasteiger partial charge in [0.1, 0.15) is 43.8 Å². The zero-order valence-corrected chi connectivity index (χ0v) is 34.5. The van der Waals surface area contributed by atoms with E-state index in [9.17, 15) is 36.2 Å². The summed E-state index contributed by atoms with van der Waals surface area (Å²) in [6.45, 7) is 4.31. The van der Waals surface area contributed by atoms with Crippen LogP contribution in [0.25, 0.3) is 0 Å². The van der Waals surface area contributed by atoms with Crippen molar-refractivity contribution in [2.45, 2.75) is 114 Å². The molecule has 0 fully saturated rings. The average Bonchev–Trinajstić information content (AvgIpc) is 3.10. The standard InChI is InChI=1S/2C20H26O5S.Ca/c2*1-2-3-4-5-6-8-11-16-14-18(25-17-12-9-7-10-13-17)15-19(20(16)21)26(22,23)24;/h2*7,9-10,12-15,21H,2-6,8,11H2,1H3,(H,22,23,24);/q;;+2/p-2. The maximum atomic E-state index is 12.4. The maximum absolute atomic E-state index is 12.4. The van der Waals surface area contributed by atoms with Gasteiger partial charge < -0.3 is 24.2 Å². The number of ether oxygens (including phenoxy) is 2. The third kappa shape index (κ3) is 16.6. The van der Waals surface area contributed by atoms with Gasteiger partial charge in [0.15, 0.2) is 0 Å². The van der Waals surface area contributed by atoms with E-state index >= 15 is 0 Å². The normalized spacial score (nSPS) is 11.2. The predicted molar refractivity (Wildman–Crippen MR) is 205 cm³/mol. The average molecular weight is 795 g/mol. The van der Waals surface area contributed by atoms with E-state index in [-0.39, 0.29) is 49.2 Å². The van der Waals surface area contributed by atoms with Gasteiger partial charge in [-0.05, 0) is 73.7 Å². The van der Waals surface area contributed by atoms with Crippen LogP contribution in [0.3, 0.4) is 0 Å². The Balaban J connectivity index is 0.000000360. The van der Waals surface area contributed by atoms with Gasteiger partial charge in [-0.1, -0.05) is 126 Å². The smallest absolute Gasteiger partial charge is 0.871 e. The van der Waals surface area contributed by atoms with Crippen molar-refractivity contribution in [3.8, 4) is 34.5 Å². The first-order chi connectivity index (χ1) is 24.8. The van der Waals surface area contributed by atoms with Gasteiger partial charge in [-0.15, -0.1) is 0 Å². The fraction of sp³-hybridized carbons (Fsp3) is 0.400. The van der Waals surface area contributed by atoms with Crippen LogP contribution < -0.4 is 14.6 Å². The van der Waals surface area contributed by atoms with Crippen LogP contribution in [0, 0.1) is 0 Å². The molecule has 2 N–H and O–H groups in total. The number of aromatic hydroxyl groups is 1. The minimum atomic E-state index is -4.86. The molecule has 0 aliphatic carbocycles. The first-order valence-electron chi connectivity index (χ1n) is 17.9. The zero-order chi connectivity index (χ0) is 38.0. The third-order valence-electron chi connectivity index (χ3n) is 8.34. The van der Waals surface area contributed by atoms with Gasteiger partial charge in [0, 0.05) is 6.07 Å². The van der Waals surface area contributed by atoms with Gasteiger partial charge in [-0.2, -0.15) is 8.42 Å². The maximum Gasteiger partial charge on any atom is 2.00 e. The Kier molecular flexibility index (Phi) is 20.8. The number of hydrogen-bond acceptors (Lipinski definition) is 9. The molecule has 0 spiro atoms. The minimum absolute atomic E-state index is 0. The first-order valence-corrected chi connectivity index (χ1v) is 20.8. The third-order valence-corrected chi connectivity index (χ3v) is 10.0. The number of para-hydroxylation sites is 2. The Morgan fingerprint density at radius 2 is 0.962 bits per heavy atom. The molecule has 0 unspecified atom stereocenters. The molecule has 0 heterocycles. The van der Waals surface area contributed by atoms with E-state index in [2.05, 4.69) is 13.8 Å². The number of hydrogen-bond donors (Lipinski definition) is 2. The Hall–Kier alpha value is -2.84. The molecule has 0 atom stereocenters. The molecular weight excluding hydrogens is 745 g/mol. The van der Waals surface area contributed by atoms with E-state index in [1.807, 2.05) is 12.1 Å². The molecule has 0 bridgehead atoms. The molecular formula is C40H50CaO10S2. The van der Waals surface area contributed by atoms with E-state index < -0.39 is 41.5 Å². The molecule has 0 aromatic heterocycles. The van der Waals surface area contributed by atoms with E-state index in [4.69, 9.17) is 9.47 Å². The fourth-order valence-corrected chi connectivity index (χ4v) is 6.85. The number of phenols is 1. The van der Waals surface area contributed by atoms with Gasteiger partial charge in [0.2, 0.25) is 0 Å². The van der Waals surface area contributed by atoms with Crippen molar-refractivity contribution in [3.63, 3.8) is 0 Å². The van der Waals surface area contributed by atoms with Gasteiger partial charge in [0.25, 0.3) is 10.1 Å². The summed E-state index contributed by atoms with van der Waals surface area (Å²) in [6, 6.07) is 23.1. The quantitative estimate of drug-likeness (QED) is 0.0499. The summed E-state index contributed by atoms with van der Waals surface area (Å²) in [4.78, 5) is -1.26.